The van der Waals surface area contributed by atoms with Crippen molar-refractivity contribution in [3.05, 3.63) is 114 Å². The van der Waals surface area contributed by atoms with E-state index in [9.17, 15) is 25.0 Å². The van der Waals surface area contributed by atoms with Crippen molar-refractivity contribution in [1.29, 1.82) is 0 Å². The zero-order valence-corrected chi connectivity index (χ0v) is 26.9. The molecular weight excluding hydrogens is 620 g/mol. The number of fused-ring (bicyclic) bond motifs is 1. The van der Waals surface area contributed by atoms with E-state index in [4.69, 9.17) is 19.2 Å². The van der Waals surface area contributed by atoms with Gasteiger partial charge in [-0.1, -0.05) is 26.0 Å². The average Bonchev–Trinajstić information content (AvgIpc) is 3.05. The molecule has 48 heavy (non-hydrogen) atoms. The zero-order valence-electron chi connectivity index (χ0n) is 26.9. The van der Waals surface area contributed by atoms with Crippen LogP contribution in [0.1, 0.15) is 50.3 Å². The number of hydrogen-bond acceptors (Lipinski definition) is 11. The summed E-state index contributed by atoms with van der Waals surface area (Å²) in [5.41, 5.74) is 1.95. The molecule has 246 valence electrons. The van der Waals surface area contributed by atoms with Gasteiger partial charge in [0, 0.05) is 29.3 Å². The van der Waals surface area contributed by atoms with E-state index in [2.05, 4.69) is 10.1 Å². The van der Waals surface area contributed by atoms with E-state index in [-0.39, 0.29) is 47.0 Å². The normalized spacial score (nSPS) is 11.3. The Morgan fingerprint density at radius 2 is 1.69 bits per heavy atom. The lowest BCUT2D eigenvalue weighted by molar-refractivity contribution is -0.385. The van der Waals surface area contributed by atoms with Gasteiger partial charge in [-0.2, -0.15) is 9.78 Å². The van der Waals surface area contributed by atoms with Gasteiger partial charge in [-0.3, -0.25) is 25.0 Å². The summed E-state index contributed by atoms with van der Waals surface area (Å²) in [5.74, 6) is 0.763. The van der Waals surface area contributed by atoms with Crippen molar-refractivity contribution in [3.8, 4) is 34.5 Å². The number of pyridine rings is 1. The minimum absolute atomic E-state index is 0.00134. The highest BCUT2D eigenvalue weighted by Gasteiger charge is 2.25. The second-order valence-corrected chi connectivity index (χ2v) is 10.9. The third-order valence-corrected chi connectivity index (χ3v) is 7.29. The Kier molecular flexibility index (Phi) is 9.73. The van der Waals surface area contributed by atoms with Gasteiger partial charge in [-0.15, -0.1) is 0 Å². The topological polar surface area (TPSA) is 174 Å². The van der Waals surface area contributed by atoms with E-state index in [0.29, 0.717) is 23.1 Å². The summed E-state index contributed by atoms with van der Waals surface area (Å²) in [6.07, 6.45) is 2.28. The number of ether oxygens (including phenoxy) is 3. The van der Waals surface area contributed by atoms with Gasteiger partial charge in [0.05, 0.1) is 40.2 Å². The maximum atomic E-state index is 13.9. The van der Waals surface area contributed by atoms with Crippen LogP contribution >= 0.6 is 0 Å². The van der Waals surface area contributed by atoms with Crippen LogP contribution in [0.3, 0.4) is 0 Å². The summed E-state index contributed by atoms with van der Waals surface area (Å²) >= 11 is 0. The highest BCUT2D eigenvalue weighted by molar-refractivity contribution is 5.84. The fraction of sp³-hybridized carbons (Fsp3) is 0.235. The van der Waals surface area contributed by atoms with Gasteiger partial charge in [-0.05, 0) is 68.1 Å². The second-order valence-electron chi connectivity index (χ2n) is 10.9. The summed E-state index contributed by atoms with van der Waals surface area (Å²) in [6.45, 7) is 10.2. The van der Waals surface area contributed by atoms with Gasteiger partial charge >= 0.3 is 5.69 Å². The number of hydrogen-bond donors (Lipinski definition) is 0. The van der Waals surface area contributed by atoms with E-state index >= 15 is 0 Å². The largest absolute Gasteiger partial charge is 0.494 e. The first-order chi connectivity index (χ1) is 23.0. The first-order valence-corrected chi connectivity index (χ1v) is 15.1. The first kappa shape index (κ1) is 33.2. The summed E-state index contributed by atoms with van der Waals surface area (Å²) < 4.78 is 18.5. The molecule has 0 N–H and O–H groups in total. The van der Waals surface area contributed by atoms with Crippen LogP contribution in [-0.2, 0) is 0 Å². The quantitative estimate of drug-likeness (QED) is 0.0763. The van der Waals surface area contributed by atoms with Gasteiger partial charge in [0.25, 0.3) is 11.2 Å². The number of aryl methyl sites for hydroxylation is 1. The number of nitro groups is 2. The van der Waals surface area contributed by atoms with Crippen molar-refractivity contribution < 1.29 is 24.1 Å². The van der Waals surface area contributed by atoms with Crippen LogP contribution in [0.4, 0.5) is 11.4 Å². The summed E-state index contributed by atoms with van der Waals surface area (Å²) in [6, 6.07) is 15.9. The molecule has 0 aliphatic heterocycles. The first-order valence-electron chi connectivity index (χ1n) is 15.1. The van der Waals surface area contributed by atoms with Crippen molar-refractivity contribution in [2.24, 2.45) is 5.10 Å². The molecule has 0 amide bonds. The summed E-state index contributed by atoms with van der Waals surface area (Å²) in [7, 11) is 0. The van der Waals surface area contributed by atoms with Crippen molar-refractivity contribution in [2.45, 2.75) is 40.5 Å². The Morgan fingerprint density at radius 1 is 0.958 bits per heavy atom. The lowest BCUT2D eigenvalue weighted by Gasteiger charge is -2.18. The van der Waals surface area contributed by atoms with Crippen LogP contribution in [0.5, 0.6) is 23.1 Å². The third-order valence-electron chi connectivity index (χ3n) is 7.29. The molecule has 0 spiro atoms. The molecule has 0 bridgehead atoms. The van der Waals surface area contributed by atoms with Gasteiger partial charge in [-0.25, -0.2) is 9.97 Å². The van der Waals surface area contributed by atoms with Crippen LogP contribution in [0.15, 0.2) is 76.8 Å². The van der Waals surface area contributed by atoms with Gasteiger partial charge < -0.3 is 14.2 Å². The third kappa shape index (κ3) is 6.82. The number of nitro benzene ring substituents is 1. The number of para-hydroxylation sites is 1. The van der Waals surface area contributed by atoms with Crippen molar-refractivity contribution in [2.75, 3.05) is 13.2 Å². The molecule has 14 nitrogen and oxygen atoms in total. The molecule has 0 aliphatic carbocycles. The minimum Gasteiger partial charge on any atom is -0.494 e. The SMILES string of the molecule is CCOc1cc(C)c(-c2nc3ccccc3c(=O)n2N=Cc2cc(OCC)c(Oc3ccc([N+](=O)[O-])cn3)c([N+](=O)[O-])c2)cc1C(C)C. The lowest BCUT2D eigenvalue weighted by atomic mass is 9.96. The smallest absolute Gasteiger partial charge is 0.316 e. The molecule has 0 aliphatic rings. The summed E-state index contributed by atoms with van der Waals surface area (Å²) in [5, 5.41) is 28.1. The van der Waals surface area contributed by atoms with Crippen LogP contribution in [-0.4, -0.2) is 43.9 Å². The number of rotatable bonds is 12. The molecule has 14 heteroatoms. The van der Waals surface area contributed by atoms with Crippen molar-refractivity contribution in [3.63, 3.8) is 0 Å². The molecule has 0 atom stereocenters. The van der Waals surface area contributed by atoms with E-state index in [0.717, 1.165) is 23.1 Å². The standard InChI is InChI=1S/C34H32N6O8/c1-6-46-29-14-21(5)26(17-25(29)20(3)4)33-37-27-11-9-8-10-24(27)34(41)38(33)36-18-22-15-28(40(44)45)32(30(16-22)47-7-2)48-31-13-12-23(19-35-31)39(42)43/h8-20H,6-7H2,1-5H3. The second kappa shape index (κ2) is 14.1. The lowest BCUT2D eigenvalue weighted by Crippen LogP contribution is -2.21. The fourth-order valence-corrected chi connectivity index (χ4v) is 5.03. The molecule has 0 saturated carbocycles. The number of nitrogens with zero attached hydrogens (tertiary/aromatic N) is 6. The summed E-state index contributed by atoms with van der Waals surface area (Å²) in [4.78, 5) is 44.6. The molecule has 3 aromatic carbocycles. The fourth-order valence-electron chi connectivity index (χ4n) is 5.03. The predicted molar refractivity (Wildman–Crippen MR) is 180 cm³/mol. The van der Waals surface area contributed by atoms with Crippen LogP contribution < -0.4 is 19.8 Å². The Morgan fingerprint density at radius 3 is 2.33 bits per heavy atom. The van der Waals surface area contributed by atoms with E-state index in [1.165, 1.54) is 35.2 Å². The molecule has 2 aromatic heterocycles. The molecule has 0 unspecified atom stereocenters. The van der Waals surface area contributed by atoms with E-state index < -0.39 is 21.1 Å². The average molecular weight is 653 g/mol. The van der Waals surface area contributed by atoms with Gasteiger partial charge in [0.1, 0.15) is 11.9 Å². The van der Waals surface area contributed by atoms with Crippen LogP contribution in [0.2, 0.25) is 0 Å². The van der Waals surface area contributed by atoms with Crippen molar-refractivity contribution >= 4 is 28.5 Å². The predicted octanol–water partition coefficient (Wildman–Crippen LogP) is 7.18. The van der Waals surface area contributed by atoms with E-state index in [1.807, 2.05) is 39.8 Å². The Bertz CT molecular complexity index is 2110. The maximum absolute atomic E-state index is 13.9. The monoisotopic (exact) mass is 652 g/mol. The molecule has 0 fully saturated rings. The van der Waals surface area contributed by atoms with E-state index in [1.54, 1.807) is 31.2 Å². The zero-order chi connectivity index (χ0) is 34.5. The van der Waals surface area contributed by atoms with Crippen LogP contribution in [0.25, 0.3) is 22.3 Å². The Balaban J connectivity index is 1.66. The molecule has 5 aromatic rings. The number of aromatic nitrogens is 3. The molecular formula is C34H32N6O8. The molecule has 0 radical (unpaired) electrons. The number of benzene rings is 3. The van der Waals surface area contributed by atoms with Crippen molar-refractivity contribution in [1.82, 2.24) is 14.6 Å². The molecule has 5 rings (SSSR count). The van der Waals surface area contributed by atoms with Gasteiger partial charge in [0.15, 0.2) is 11.6 Å². The van der Waals surface area contributed by atoms with Crippen LogP contribution in [0, 0.1) is 27.2 Å². The van der Waals surface area contributed by atoms with Gasteiger partial charge in [0.2, 0.25) is 11.6 Å². The highest BCUT2D eigenvalue weighted by Crippen LogP contribution is 2.41. The Labute approximate surface area is 274 Å². The molecule has 0 saturated heterocycles. The Hall–Kier alpha value is -6.18. The highest BCUT2D eigenvalue weighted by atomic mass is 16.6. The molecule has 2 heterocycles. The maximum Gasteiger partial charge on any atom is 0.316 e. The minimum atomic E-state index is -0.660.